The van der Waals surface area contributed by atoms with E-state index in [-0.39, 0.29) is 24.2 Å². The number of halogens is 1. The standard InChI is InChI=1S/C22H25FN2O3/c1-22(21(27)24-14-17-8-10-18(23)11-9-17)12-5-13-25(16-22)20(26)15-28-19-6-3-2-4-7-19/h2-4,6-11H,5,12-16H2,1H3,(H,24,27). The molecule has 0 spiro atoms. The molecule has 5 nitrogen and oxygen atoms in total. The number of likely N-dealkylation sites (tertiary alicyclic amines) is 1. The summed E-state index contributed by atoms with van der Waals surface area (Å²) >= 11 is 0. The number of benzene rings is 2. The summed E-state index contributed by atoms with van der Waals surface area (Å²) < 4.78 is 18.5. The summed E-state index contributed by atoms with van der Waals surface area (Å²) in [6.07, 6.45) is 1.48. The van der Waals surface area contributed by atoms with Crippen molar-refractivity contribution in [1.82, 2.24) is 10.2 Å². The highest BCUT2D eigenvalue weighted by atomic mass is 19.1. The number of carbonyl (C=O) groups is 2. The molecule has 3 rings (SSSR count). The summed E-state index contributed by atoms with van der Waals surface area (Å²) in [5.74, 6) is 0.119. The SMILES string of the molecule is CC1(C(=O)NCc2ccc(F)cc2)CCCN(C(=O)COc2ccccc2)C1. The molecular formula is C22H25FN2O3. The average molecular weight is 384 g/mol. The molecule has 0 bridgehead atoms. The third-order valence-electron chi connectivity index (χ3n) is 5.07. The zero-order valence-electron chi connectivity index (χ0n) is 16.0. The zero-order valence-corrected chi connectivity index (χ0v) is 16.0. The van der Waals surface area contributed by atoms with Crippen molar-refractivity contribution in [3.05, 3.63) is 66.0 Å². The molecule has 1 unspecified atom stereocenters. The average Bonchev–Trinajstić information content (AvgIpc) is 2.72. The second-order valence-corrected chi connectivity index (χ2v) is 7.39. The Bertz CT molecular complexity index is 810. The van der Waals surface area contributed by atoms with Crippen molar-refractivity contribution in [2.75, 3.05) is 19.7 Å². The molecule has 0 saturated carbocycles. The van der Waals surface area contributed by atoms with Gasteiger partial charge in [0.1, 0.15) is 11.6 Å². The van der Waals surface area contributed by atoms with E-state index in [2.05, 4.69) is 5.32 Å². The molecule has 0 radical (unpaired) electrons. The fourth-order valence-electron chi connectivity index (χ4n) is 3.39. The Morgan fingerprint density at radius 3 is 2.57 bits per heavy atom. The van der Waals surface area contributed by atoms with E-state index in [1.807, 2.05) is 25.1 Å². The van der Waals surface area contributed by atoms with Gasteiger partial charge in [-0.25, -0.2) is 4.39 Å². The van der Waals surface area contributed by atoms with E-state index in [4.69, 9.17) is 4.74 Å². The molecule has 1 saturated heterocycles. The number of carbonyl (C=O) groups excluding carboxylic acids is 2. The van der Waals surface area contributed by atoms with E-state index in [9.17, 15) is 14.0 Å². The highest BCUT2D eigenvalue weighted by molar-refractivity contribution is 5.84. The molecule has 1 heterocycles. The predicted molar refractivity (Wildman–Crippen MR) is 104 cm³/mol. The molecule has 1 aliphatic heterocycles. The van der Waals surface area contributed by atoms with Crippen LogP contribution in [-0.4, -0.2) is 36.4 Å². The minimum Gasteiger partial charge on any atom is -0.484 e. The Labute approximate surface area is 164 Å². The van der Waals surface area contributed by atoms with Crippen molar-refractivity contribution in [2.45, 2.75) is 26.3 Å². The van der Waals surface area contributed by atoms with Crippen LogP contribution < -0.4 is 10.1 Å². The second-order valence-electron chi connectivity index (χ2n) is 7.39. The summed E-state index contributed by atoms with van der Waals surface area (Å²) in [6.45, 7) is 3.15. The maximum absolute atomic E-state index is 13.0. The first-order valence-corrected chi connectivity index (χ1v) is 9.45. The molecule has 148 valence electrons. The first-order valence-electron chi connectivity index (χ1n) is 9.45. The number of amides is 2. The third-order valence-corrected chi connectivity index (χ3v) is 5.07. The van der Waals surface area contributed by atoms with Crippen LogP contribution in [0.25, 0.3) is 0 Å². The predicted octanol–water partition coefficient (Wildman–Crippen LogP) is 3.15. The normalized spacial score (nSPS) is 19.1. The van der Waals surface area contributed by atoms with Gasteiger partial charge in [-0.2, -0.15) is 0 Å². The van der Waals surface area contributed by atoms with Crippen LogP contribution in [0, 0.1) is 11.2 Å². The lowest BCUT2D eigenvalue weighted by Gasteiger charge is -2.39. The van der Waals surface area contributed by atoms with Gasteiger partial charge in [0.05, 0.1) is 5.41 Å². The molecule has 2 amide bonds. The monoisotopic (exact) mass is 384 g/mol. The van der Waals surface area contributed by atoms with Gasteiger partial charge in [-0.3, -0.25) is 9.59 Å². The molecule has 1 atom stereocenters. The summed E-state index contributed by atoms with van der Waals surface area (Å²) in [5.41, 5.74) is 0.180. The van der Waals surface area contributed by atoms with Gasteiger partial charge in [0.2, 0.25) is 5.91 Å². The smallest absolute Gasteiger partial charge is 0.260 e. The molecule has 1 N–H and O–H groups in total. The molecule has 0 aromatic heterocycles. The van der Waals surface area contributed by atoms with E-state index < -0.39 is 5.41 Å². The Morgan fingerprint density at radius 2 is 1.86 bits per heavy atom. The van der Waals surface area contributed by atoms with Crippen LogP contribution in [0.5, 0.6) is 5.75 Å². The number of hydrogen-bond donors (Lipinski definition) is 1. The zero-order chi connectivity index (χ0) is 20.0. The van der Waals surface area contributed by atoms with Crippen molar-refractivity contribution in [1.29, 1.82) is 0 Å². The number of nitrogens with zero attached hydrogens (tertiary/aromatic N) is 1. The Morgan fingerprint density at radius 1 is 1.14 bits per heavy atom. The fourth-order valence-corrected chi connectivity index (χ4v) is 3.39. The van der Waals surface area contributed by atoms with Crippen molar-refractivity contribution >= 4 is 11.8 Å². The van der Waals surface area contributed by atoms with Crippen molar-refractivity contribution in [2.24, 2.45) is 5.41 Å². The number of rotatable bonds is 6. The van der Waals surface area contributed by atoms with Gasteiger partial charge in [-0.1, -0.05) is 30.3 Å². The van der Waals surface area contributed by atoms with Gasteiger partial charge >= 0.3 is 0 Å². The number of ether oxygens (including phenoxy) is 1. The Hall–Kier alpha value is -2.89. The van der Waals surface area contributed by atoms with Gasteiger partial charge in [-0.15, -0.1) is 0 Å². The molecule has 1 fully saturated rings. The number of hydrogen-bond acceptors (Lipinski definition) is 3. The van der Waals surface area contributed by atoms with Gasteiger partial charge < -0.3 is 15.0 Å². The van der Waals surface area contributed by atoms with E-state index in [1.54, 1.807) is 29.2 Å². The molecule has 2 aromatic carbocycles. The molecule has 1 aliphatic rings. The summed E-state index contributed by atoms with van der Waals surface area (Å²) in [4.78, 5) is 27.0. The molecule has 0 aliphatic carbocycles. The van der Waals surface area contributed by atoms with Gasteiger partial charge in [0, 0.05) is 19.6 Å². The largest absolute Gasteiger partial charge is 0.484 e. The Kier molecular flexibility index (Phi) is 6.29. The van der Waals surface area contributed by atoms with E-state index in [0.29, 0.717) is 31.8 Å². The van der Waals surface area contributed by atoms with E-state index >= 15 is 0 Å². The van der Waals surface area contributed by atoms with Gasteiger partial charge in [0.15, 0.2) is 6.61 Å². The summed E-state index contributed by atoms with van der Waals surface area (Å²) in [7, 11) is 0. The third kappa shape index (κ3) is 5.09. The molecule has 28 heavy (non-hydrogen) atoms. The number of para-hydroxylation sites is 1. The minimum absolute atomic E-state index is 0.0444. The lowest BCUT2D eigenvalue weighted by Crippen LogP contribution is -2.52. The second kappa shape index (κ2) is 8.87. The van der Waals surface area contributed by atoms with Crippen LogP contribution >= 0.6 is 0 Å². The first kappa shape index (κ1) is 19.9. The van der Waals surface area contributed by atoms with Crippen molar-refractivity contribution < 1.29 is 18.7 Å². The molecular weight excluding hydrogens is 359 g/mol. The topological polar surface area (TPSA) is 58.6 Å². The number of nitrogens with one attached hydrogen (secondary N) is 1. The lowest BCUT2D eigenvalue weighted by atomic mass is 9.81. The van der Waals surface area contributed by atoms with Gasteiger partial charge in [-0.05, 0) is 49.6 Å². The quantitative estimate of drug-likeness (QED) is 0.832. The highest BCUT2D eigenvalue weighted by Crippen LogP contribution is 2.30. The Balaban J connectivity index is 1.53. The maximum Gasteiger partial charge on any atom is 0.260 e. The van der Waals surface area contributed by atoms with Crippen molar-refractivity contribution in [3.63, 3.8) is 0 Å². The fraction of sp³-hybridized carbons (Fsp3) is 0.364. The van der Waals surface area contributed by atoms with Crippen LogP contribution in [0.4, 0.5) is 4.39 Å². The lowest BCUT2D eigenvalue weighted by molar-refractivity contribution is -0.142. The molecule has 2 aromatic rings. The van der Waals surface area contributed by atoms with Crippen LogP contribution in [0.15, 0.2) is 54.6 Å². The van der Waals surface area contributed by atoms with Crippen LogP contribution in [-0.2, 0) is 16.1 Å². The molecule has 6 heteroatoms. The minimum atomic E-state index is -0.652. The maximum atomic E-state index is 13.0. The van der Waals surface area contributed by atoms with Crippen molar-refractivity contribution in [3.8, 4) is 5.75 Å². The number of piperidine rings is 1. The summed E-state index contributed by atoms with van der Waals surface area (Å²) in [5, 5.41) is 2.92. The van der Waals surface area contributed by atoms with Crippen LogP contribution in [0.3, 0.4) is 0 Å². The van der Waals surface area contributed by atoms with E-state index in [0.717, 1.165) is 12.0 Å². The first-order chi connectivity index (χ1) is 13.5. The summed E-state index contributed by atoms with van der Waals surface area (Å²) in [6, 6.07) is 15.2. The highest BCUT2D eigenvalue weighted by Gasteiger charge is 2.39. The van der Waals surface area contributed by atoms with Crippen LogP contribution in [0.2, 0.25) is 0 Å². The van der Waals surface area contributed by atoms with E-state index in [1.165, 1.54) is 12.1 Å². The van der Waals surface area contributed by atoms with Gasteiger partial charge in [0.25, 0.3) is 5.91 Å². The van der Waals surface area contributed by atoms with Crippen LogP contribution in [0.1, 0.15) is 25.3 Å².